The lowest BCUT2D eigenvalue weighted by Crippen LogP contribution is -2.57. The Hall–Kier alpha value is -2.63. The van der Waals surface area contributed by atoms with Gasteiger partial charge in [-0.05, 0) is 16.7 Å². The zero-order chi connectivity index (χ0) is 25.2. The summed E-state index contributed by atoms with van der Waals surface area (Å²) >= 11 is 0. The third-order valence-electron chi connectivity index (χ3n) is 5.80. The molecular weight excluding hydrogens is 480 g/mol. The topological polar surface area (TPSA) is 109 Å². The van der Waals surface area contributed by atoms with Crippen LogP contribution in [0.15, 0.2) is 91.0 Å². The van der Waals surface area contributed by atoms with Crippen LogP contribution in [0.4, 0.5) is 0 Å². The van der Waals surface area contributed by atoms with E-state index >= 15 is 0 Å². The van der Waals surface area contributed by atoms with Crippen LogP contribution in [-0.4, -0.2) is 39.6 Å². The van der Waals surface area contributed by atoms with Crippen molar-refractivity contribution in [3.05, 3.63) is 108 Å². The van der Waals surface area contributed by atoms with Crippen LogP contribution in [0.3, 0.4) is 0 Å². The second-order valence-corrected chi connectivity index (χ2v) is 9.98. The first kappa shape index (κ1) is 26.4. The minimum atomic E-state index is -3.99. The van der Waals surface area contributed by atoms with Crippen LogP contribution in [0.25, 0.3) is 0 Å². The molecule has 36 heavy (non-hydrogen) atoms. The van der Waals surface area contributed by atoms with E-state index in [9.17, 15) is 8.42 Å². The van der Waals surface area contributed by atoms with Crippen molar-refractivity contribution in [3.8, 4) is 0 Å². The van der Waals surface area contributed by atoms with Gasteiger partial charge in [-0.25, -0.2) is 5.14 Å². The lowest BCUT2D eigenvalue weighted by molar-refractivity contribution is -0.222. The molecule has 3 N–H and O–H groups in total. The van der Waals surface area contributed by atoms with Gasteiger partial charge in [-0.3, -0.25) is 0 Å². The molecule has 1 aliphatic rings. The van der Waals surface area contributed by atoms with Gasteiger partial charge in [0, 0.05) is 6.42 Å². The van der Waals surface area contributed by atoms with Crippen LogP contribution in [0, 0.1) is 0 Å². The van der Waals surface area contributed by atoms with E-state index in [-0.39, 0.29) is 13.0 Å². The molecule has 0 radical (unpaired) electrons. The number of hydrogen-bond acceptors (Lipinski definition) is 6. The quantitative estimate of drug-likeness (QED) is 0.386. The van der Waals surface area contributed by atoms with E-state index in [1.165, 1.54) is 0 Å². The summed E-state index contributed by atoms with van der Waals surface area (Å²) in [5, 5.41) is 5.25. The van der Waals surface area contributed by atoms with Crippen LogP contribution in [-0.2, 0) is 49.0 Å². The van der Waals surface area contributed by atoms with Crippen LogP contribution >= 0.6 is 0 Å². The van der Waals surface area contributed by atoms with Gasteiger partial charge in [0.15, 0.2) is 0 Å². The van der Waals surface area contributed by atoms with E-state index in [0.717, 1.165) is 16.7 Å². The highest BCUT2D eigenvalue weighted by Gasteiger charge is 2.41. The van der Waals surface area contributed by atoms with Gasteiger partial charge in [-0.2, -0.15) is 13.1 Å². The molecule has 4 rings (SSSR count). The molecule has 3 aromatic rings. The van der Waals surface area contributed by atoms with Crippen LogP contribution in [0.2, 0.25) is 0 Å². The minimum absolute atomic E-state index is 0.183. The largest absolute Gasteiger partial charge is 0.374 e. The zero-order valence-corrected chi connectivity index (χ0v) is 20.8. The summed E-state index contributed by atoms with van der Waals surface area (Å²) in [4.78, 5) is 0. The van der Waals surface area contributed by atoms with Crippen molar-refractivity contribution in [2.24, 2.45) is 5.14 Å². The third kappa shape index (κ3) is 8.49. The highest BCUT2D eigenvalue weighted by Crippen LogP contribution is 2.27. The molecule has 192 valence electrons. The lowest BCUT2D eigenvalue weighted by Gasteiger charge is -2.41. The Bertz CT molecular complexity index is 1150. The van der Waals surface area contributed by atoms with Gasteiger partial charge in [0.25, 0.3) is 10.2 Å². The van der Waals surface area contributed by atoms with E-state index in [1.54, 1.807) is 0 Å². The normalized spacial score (nSPS) is 22.4. The smallest absolute Gasteiger partial charge is 0.276 e. The van der Waals surface area contributed by atoms with Crippen molar-refractivity contribution in [2.45, 2.75) is 50.8 Å². The van der Waals surface area contributed by atoms with Crippen molar-refractivity contribution >= 4 is 10.2 Å². The number of nitrogens with one attached hydrogen (secondary N) is 1. The molecule has 0 amide bonds. The Labute approximate surface area is 212 Å². The average molecular weight is 513 g/mol. The van der Waals surface area contributed by atoms with Crippen LogP contribution < -0.4 is 9.86 Å². The molecule has 1 heterocycles. The molecule has 0 spiro atoms. The third-order valence-corrected chi connectivity index (χ3v) is 6.39. The average Bonchev–Trinajstić information content (AvgIpc) is 2.88. The maximum atomic E-state index is 11.8. The van der Waals surface area contributed by atoms with E-state index < -0.39 is 34.7 Å². The van der Waals surface area contributed by atoms with Crippen molar-refractivity contribution in [3.63, 3.8) is 0 Å². The molecule has 1 aliphatic heterocycles. The van der Waals surface area contributed by atoms with E-state index in [4.69, 9.17) is 24.1 Å². The predicted molar refractivity (Wildman–Crippen MR) is 136 cm³/mol. The Morgan fingerprint density at radius 1 is 0.778 bits per heavy atom. The standard InChI is InChI=1S/C27H32N2O6S/c28-36(30,31)29-26-16-24(33-18-22-12-6-2-7-13-22)27(34-19-23-14-8-3-9-15-23)25(35-26)20-32-17-21-10-4-1-5-11-21/h1-15,24-27,29H,16-20H2,(H2,28,30,31)/t24-,25-,26-,27-/m1/s1. The summed E-state index contributed by atoms with van der Waals surface area (Å²) in [6.45, 7) is 1.26. The van der Waals surface area contributed by atoms with E-state index in [1.807, 2.05) is 91.0 Å². The van der Waals surface area contributed by atoms with E-state index in [2.05, 4.69) is 4.72 Å². The zero-order valence-electron chi connectivity index (χ0n) is 19.9. The first-order valence-electron chi connectivity index (χ1n) is 11.8. The number of benzene rings is 3. The summed E-state index contributed by atoms with van der Waals surface area (Å²) in [5.41, 5.74) is 3.03. The summed E-state index contributed by atoms with van der Waals surface area (Å²) in [7, 11) is -3.99. The van der Waals surface area contributed by atoms with Crippen LogP contribution in [0.5, 0.6) is 0 Å². The molecule has 4 atom stereocenters. The SMILES string of the molecule is NS(=O)(=O)N[C@H]1C[C@@H](OCc2ccccc2)[C@@H](OCc2ccccc2)[C@@H](COCc2ccccc2)O1. The first-order valence-corrected chi connectivity index (χ1v) is 13.4. The van der Waals surface area contributed by atoms with Gasteiger partial charge in [0.05, 0.1) is 32.5 Å². The fourth-order valence-electron chi connectivity index (χ4n) is 4.11. The van der Waals surface area contributed by atoms with Gasteiger partial charge in [0.2, 0.25) is 0 Å². The Balaban J connectivity index is 1.50. The number of rotatable bonds is 12. The molecular formula is C27H32N2O6S. The lowest BCUT2D eigenvalue weighted by atomic mass is 10.00. The summed E-state index contributed by atoms with van der Waals surface area (Å²) in [6.07, 6.45) is -2.19. The summed E-state index contributed by atoms with van der Waals surface area (Å²) in [5.74, 6) is 0. The fourth-order valence-corrected chi connectivity index (χ4v) is 4.63. The van der Waals surface area contributed by atoms with Gasteiger partial charge in [0.1, 0.15) is 18.4 Å². The molecule has 3 aromatic carbocycles. The highest BCUT2D eigenvalue weighted by atomic mass is 32.2. The number of hydrogen-bond donors (Lipinski definition) is 2. The maximum Gasteiger partial charge on any atom is 0.276 e. The molecule has 1 saturated heterocycles. The van der Waals surface area contributed by atoms with E-state index in [0.29, 0.717) is 19.8 Å². The van der Waals surface area contributed by atoms with Crippen molar-refractivity contribution in [2.75, 3.05) is 6.61 Å². The first-order chi connectivity index (χ1) is 17.5. The molecule has 0 bridgehead atoms. The fraction of sp³-hybridized carbons (Fsp3) is 0.333. The van der Waals surface area contributed by atoms with Gasteiger partial charge in [-0.1, -0.05) is 91.0 Å². The maximum absolute atomic E-state index is 11.8. The van der Waals surface area contributed by atoms with Crippen molar-refractivity contribution in [1.82, 2.24) is 4.72 Å². The number of ether oxygens (including phenoxy) is 4. The Kier molecular flexibility index (Phi) is 9.60. The van der Waals surface area contributed by atoms with Crippen LogP contribution in [0.1, 0.15) is 23.1 Å². The Morgan fingerprint density at radius 3 is 1.81 bits per heavy atom. The molecule has 0 unspecified atom stereocenters. The summed E-state index contributed by atoms with van der Waals surface area (Å²) < 4.78 is 50.5. The molecule has 8 nitrogen and oxygen atoms in total. The minimum Gasteiger partial charge on any atom is -0.374 e. The van der Waals surface area contributed by atoms with Crippen molar-refractivity contribution < 1.29 is 27.4 Å². The predicted octanol–water partition coefficient (Wildman–Crippen LogP) is 3.28. The monoisotopic (exact) mass is 512 g/mol. The van der Waals surface area contributed by atoms with Crippen molar-refractivity contribution in [1.29, 1.82) is 0 Å². The molecule has 0 aromatic heterocycles. The molecule has 1 fully saturated rings. The second kappa shape index (κ2) is 13.1. The van der Waals surface area contributed by atoms with Gasteiger partial charge >= 0.3 is 0 Å². The molecule has 9 heteroatoms. The summed E-state index contributed by atoms with van der Waals surface area (Å²) in [6, 6.07) is 29.4. The highest BCUT2D eigenvalue weighted by molar-refractivity contribution is 7.87. The molecule has 0 aliphatic carbocycles. The Morgan fingerprint density at radius 2 is 1.28 bits per heavy atom. The second-order valence-electron chi connectivity index (χ2n) is 8.66. The van der Waals surface area contributed by atoms with Gasteiger partial charge < -0.3 is 18.9 Å². The molecule has 0 saturated carbocycles. The van der Waals surface area contributed by atoms with Gasteiger partial charge in [-0.15, -0.1) is 0 Å². The number of nitrogens with two attached hydrogens (primary N) is 1.